The number of halogens is 2. The van der Waals surface area contributed by atoms with Gasteiger partial charge in [-0.25, -0.2) is 0 Å². The topological polar surface area (TPSA) is 30.9 Å². The second kappa shape index (κ2) is 4.22. The van der Waals surface area contributed by atoms with Crippen LogP contribution < -0.4 is 5.73 Å². The second-order valence-electron chi connectivity index (χ2n) is 4.04. The van der Waals surface area contributed by atoms with E-state index >= 15 is 0 Å². The van der Waals surface area contributed by atoms with Crippen molar-refractivity contribution in [2.75, 3.05) is 0 Å². The van der Waals surface area contributed by atoms with Crippen LogP contribution in [0.3, 0.4) is 0 Å². The number of nitrogens with zero attached hydrogens (tertiary/aromatic N) is 1. The summed E-state index contributed by atoms with van der Waals surface area (Å²) in [5.41, 5.74) is 7.15. The SMILES string of the molecule is CC(N)Cc1cn(C(F)F)c2ccccc12. The molecule has 2 nitrogen and oxygen atoms in total. The Hall–Kier alpha value is -1.42. The summed E-state index contributed by atoms with van der Waals surface area (Å²) in [6, 6.07) is 7.13. The van der Waals surface area contributed by atoms with Gasteiger partial charge < -0.3 is 5.73 Å². The summed E-state index contributed by atoms with van der Waals surface area (Å²) in [7, 11) is 0. The van der Waals surface area contributed by atoms with E-state index in [0.29, 0.717) is 11.9 Å². The maximum atomic E-state index is 12.8. The molecule has 1 aromatic carbocycles. The van der Waals surface area contributed by atoms with Gasteiger partial charge in [0.1, 0.15) is 0 Å². The van der Waals surface area contributed by atoms with E-state index in [2.05, 4.69) is 0 Å². The van der Waals surface area contributed by atoms with Crippen molar-refractivity contribution < 1.29 is 8.78 Å². The number of fused-ring (bicyclic) bond motifs is 1. The number of hydrogen-bond acceptors (Lipinski definition) is 1. The van der Waals surface area contributed by atoms with Crippen molar-refractivity contribution in [1.29, 1.82) is 0 Å². The van der Waals surface area contributed by atoms with Gasteiger partial charge in [-0.1, -0.05) is 18.2 Å². The lowest BCUT2D eigenvalue weighted by Crippen LogP contribution is -2.17. The first kappa shape index (κ1) is 11.1. The van der Waals surface area contributed by atoms with E-state index in [-0.39, 0.29) is 6.04 Å². The van der Waals surface area contributed by atoms with Crippen molar-refractivity contribution >= 4 is 10.9 Å². The smallest absolute Gasteiger partial charge is 0.319 e. The normalized spacial score (nSPS) is 13.6. The van der Waals surface area contributed by atoms with Crippen LogP contribution in [0.4, 0.5) is 8.78 Å². The summed E-state index contributed by atoms with van der Waals surface area (Å²) in [5, 5.41) is 0.861. The molecule has 1 aromatic heterocycles. The molecule has 0 aliphatic carbocycles. The molecule has 16 heavy (non-hydrogen) atoms. The minimum atomic E-state index is -2.51. The predicted molar refractivity (Wildman–Crippen MR) is 60.5 cm³/mol. The van der Waals surface area contributed by atoms with E-state index in [4.69, 9.17) is 5.73 Å². The first-order valence-corrected chi connectivity index (χ1v) is 5.21. The maximum Gasteiger partial charge on any atom is 0.319 e. The van der Waals surface area contributed by atoms with Crippen molar-refractivity contribution in [3.63, 3.8) is 0 Å². The van der Waals surface area contributed by atoms with E-state index in [0.717, 1.165) is 15.5 Å². The fourth-order valence-corrected chi connectivity index (χ4v) is 1.95. The minimum Gasteiger partial charge on any atom is -0.328 e. The van der Waals surface area contributed by atoms with Crippen molar-refractivity contribution in [3.05, 3.63) is 36.0 Å². The Kier molecular flexibility index (Phi) is 2.92. The van der Waals surface area contributed by atoms with Gasteiger partial charge in [-0.15, -0.1) is 0 Å². The lowest BCUT2D eigenvalue weighted by molar-refractivity contribution is 0.0750. The molecule has 0 aliphatic heterocycles. The molecule has 4 heteroatoms. The molecule has 2 N–H and O–H groups in total. The van der Waals surface area contributed by atoms with Gasteiger partial charge in [-0.2, -0.15) is 8.78 Å². The van der Waals surface area contributed by atoms with Crippen molar-refractivity contribution in [3.8, 4) is 0 Å². The van der Waals surface area contributed by atoms with Crippen LogP contribution in [0.2, 0.25) is 0 Å². The van der Waals surface area contributed by atoms with Crippen LogP contribution in [0.25, 0.3) is 10.9 Å². The van der Waals surface area contributed by atoms with E-state index in [1.165, 1.54) is 6.20 Å². The Morgan fingerprint density at radius 2 is 2.00 bits per heavy atom. The standard InChI is InChI=1S/C12H14F2N2/c1-8(15)6-9-7-16(12(13)14)11-5-3-2-4-10(9)11/h2-5,7-8,12H,6,15H2,1H3. The van der Waals surface area contributed by atoms with Gasteiger partial charge in [0.25, 0.3) is 0 Å². The fourth-order valence-electron chi connectivity index (χ4n) is 1.95. The zero-order chi connectivity index (χ0) is 11.7. The molecule has 86 valence electrons. The fraction of sp³-hybridized carbons (Fsp3) is 0.333. The first-order chi connectivity index (χ1) is 7.59. The predicted octanol–water partition coefficient (Wildman–Crippen LogP) is 2.93. The summed E-state index contributed by atoms with van der Waals surface area (Å²) in [5.74, 6) is 0. The highest BCUT2D eigenvalue weighted by Crippen LogP contribution is 2.26. The second-order valence-corrected chi connectivity index (χ2v) is 4.04. The number of benzene rings is 1. The van der Waals surface area contributed by atoms with Gasteiger partial charge >= 0.3 is 6.55 Å². The lowest BCUT2D eigenvalue weighted by atomic mass is 10.1. The zero-order valence-corrected chi connectivity index (χ0v) is 9.03. The number of nitrogens with two attached hydrogens (primary N) is 1. The number of para-hydroxylation sites is 1. The van der Waals surface area contributed by atoms with Gasteiger partial charge in [0.05, 0.1) is 5.52 Å². The molecule has 0 radical (unpaired) electrons. The molecule has 0 bridgehead atoms. The molecule has 0 amide bonds. The van der Waals surface area contributed by atoms with Crippen molar-refractivity contribution in [2.24, 2.45) is 5.73 Å². The van der Waals surface area contributed by atoms with Gasteiger partial charge in [0, 0.05) is 17.6 Å². The number of alkyl halides is 2. The van der Waals surface area contributed by atoms with Gasteiger partial charge in [0.15, 0.2) is 0 Å². The Bertz CT molecular complexity index is 489. The quantitative estimate of drug-likeness (QED) is 0.853. The largest absolute Gasteiger partial charge is 0.328 e. The molecule has 2 aromatic rings. The molecule has 2 rings (SSSR count). The molecule has 1 heterocycles. The summed E-state index contributed by atoms with van der Waals surface area (Å²) >= 11 is 0. The molecule has 0 aliphatic rings. The Morgan fingerprint density at radius 1 is 1.31 bits per heavy atom. The van der Waals surface area contributed by atoms with Crippen LogP contribution in [0.5, 0.6) is 0 Å². The third kappa shape index (κ3) is 1.93. The van der Waals surface area contributed by atoms with Crippen molar-refractivity contribution in [1.82, 2.24) is 4.57 Å². The van der Waals surface area contributed by atoms with E-state index in [1.54, 1.807) is 12.1 Å². The van der Waals surface area contributed by atoms with Crippen LogP contribution in [0, 0.1) is 0 Å². The summed E-state index contributed by atoms with van der Waals surface area (Å²) < 4.78 is 26.6. The molecule has 0 saturated carbocycles. The molecule has 0 fully saturated rings. The average molecular weight is 224 g/mol. The van der Waals surface area contributed by atoms with Crippen LogP contribution in [0.15, 0.2) is 30.5 Å². The monoisotopic (exact) mass is 224 g/mol. The minimum absolute atomic E-state index is 0.0306. The van der Waals surface area contributed by atoms with E-state index < -0.39 is 6.55 Å². The van der Waals surface area contributed by atoms with Crippen molar-refractivity contribution in [2.45, 2.75) is 25.9 Å². The third-order valence-electron chi connectivity index (χ3n) is 2.58. The summed E-state index contributed by atoms with van der Waals surface area (Å²) in [6.07, 6.45) is 2.11. The Morgan fingerprint density at radius 3 is 2.62 bits per heavy atom. The highest BCUT2D eigenvalue weighted by atomic mass is 19.3. The third-order valence-corrected chi connectivity index (χ3v) is 2.58. The molecule has 0 spiro atoms. The first-order valence-electron chi connectivity index (χ1n) is 5.21. The van der Waals surface area contributed by atoms with Gasteiger partial charge in [-0.3, -0.25) is 4.57 Å². The summed E-state index contributed by atoms with van der Waals surface area (Å²) in [4.78, 5) is 0. The summed E-state index contributed by atoms with van der Waals surface area (Å²) in [6.45, 7) is -0.638. The lowest BCUT2D eigenvalue weighted by Gasteiger charge is -2.02. The zero-order valence-electron chi connectivity index (χ0n) is 9.03. The molecular formula is C12H14F2N2. The van der Waals surface area contributed by atoms with Gasteiger partial charge in [-0.05, 0) is 25.0 Å². The highest BCUT2D eigenvalue weighted by Gasteiger charge is 2.14. The van der Waals surface area contributed by atoms with Crippen LogP contribution >= 0.6 is 0 Å². The van der Waals surface area contributed by atoms with E-state index in [9.17, 15) is 8.78 Å². The maximum absolute atomic E-state index is 12.8. The molecule has 1 atom stereocenters. The number of rotatable bonds is 3. The molecule has 0 saturated heterocycles. The highest BCUT2D eigenvalue weighted by molar-refractivity contribution is 5.84. The van der Waals surface area contributed by atoms with Crippen LogP contribution in [0.1, 0.15) is 19.0 Å². The van der Waals surface area contributed by atoms with Crippen LogP contribution in [-0.2, 0) is 6.42 Å². The van der Waals surface area contributed by atoms with Gasteiger partial charge in [0.2, 0.25) is 0 Å². The number of hydrogen-bond donors (Lipinski definition) is 1. The Balaban J connectivity index is 2.57. The van der Waals surface area contributed by atoms with E-state index in [1.807, 2.05) is 19.1 Å². The average Bonchev–Trinajstić information content (AvgIpc) is 2.57. The number of aromatic nitrogens is 1. The van der Waals surface area contributed by atoms with Crippen LogP contribution in [-0.4, -0.2) is 10.6 Å². The Labute approximate surface area is 92.7 Å². The molecular weight excluding hydrogens is 210 g/mol. The molecule has 1 unspecified atom stereocenters.